The van der Waals surface area contributed by atoms with Crippen LogP contribution in [0.2, 0.25) is 0 Å². The summed E-state index contributed by atoms with van der Waals surface area (Å²) in [4.78, 5) is 6.57. The highest BCUT2D eigenvalue weighted by Crippen LogP contribution is 2.31. The number of nitrogens with zero attached hydrogens (tertiary/aromatic N) is 1. The quantitative estimate of drug-likeness (QED) is 0.784. The highest BCUT2D eigenvalue weighted by molar-refractivity contribution is 7.89. The molecule has 0 spiro atoms. The van der Waals surface area contributed by atoms with Gasteiger partial charge in [0, 0.05) is 6.54 Å². The Kier molecular flexibility index (Phi) is 2.79. The molecule has 1 aromatic heterocycles. The molecule has 2 N–H and O–H groups in total. The van der Waals surface area contributed by atoms with Gasteiger partial charge in [0.1, 0.15) is 5.82 Å². The van der Waals surface area contributed by atoms with Crippen molar-refractivity contribution in [2.24, 2.45) is 5.92 Å². The van der Waals surface area contributed by atoms with E-state index in [0.29, 0.717) is 12.4 Å². The van der Waals surface area contributed by atoms with Gasteiger partial charge in [0.25, 0.3) is 10.0 Å². The van der Waals surface area contributed by atoms with E-state index in [1.165, 1.54) is 19.0 Å². The van der Waals surface area contributed by atoms with Crippen molar-refractivity contribution in [2.75, 3.05) is 6.54 Å². The molecule has 1 fully saturated rings. The number of aromatic nitrogens is 2. The van der Waals surface area contributed by atoms with E-state index in [-0.39, 0.29) is 5.03 Å². The monoisotopic (exact) mass is 229 g/mol. The fourth-order valence-electron chi connectivity index (χ4n) is 1.42. The highest BCUT2D eigenvalue weighted by Gasteiger charge is 2.22. The SMILES string of the molecule is Cc1ncc(S(=O)(=O)NCCC2CC2)[nH]1. The van der Waals surface area contributed by atoms with Crippen LogP contribution in [0.25, 0.3) is 0 Å². The Balaban J connectivity index is 1.93. The molecule has 0 bridgehead atoms. The molecule has 1 aliphatic carbocycles. The minimum atomic E-state index is -3.38. The molecule has 84 valence electrons. The summed E-state index contributed by atoms with van der Waals surface area (Å²) in [6.07, 6.45) is 4.76. The maximum Gasteiger partial charge on any atom is 0.257 e. The third kappa shape index (κ3) is 2.79. The first-order chi connectivity index (χ1) is 7.08. The summed E-state index contributed by atoms with van der Waals surface area (Å²) >= 11 is 0. The van der Waals surface area contributed by atoms with Crippen molar-refractivity contribution in [3.05, 3.63) is 12.0 Å². The Morgan fingerprint density at radius 1 is 1.60 bits per heavy atom. The molecule has 0 aromatic carbocycles. The molecule has 0 saturated heterocycles. The molecule has 1 saturated carbocycles. The molecule has 6 heteroatoms. The van der Waals surface area contributed by atoms with Gasteiger partial charge in [0.2, 0.25) is 0 Å². The number of hydrogen-bond acceptors (Lipinski definition) is 3. The van der Waals surface area contributed by atoms with Gasteiger partial charge in [0.05, 0.1) is 6.20 Å². The maximum atomic E-state index is 11.7. The first-order valence-electron chi connectivity index (χ1n) is 5.09. The largest absolute Gasteiger partial charge is 0.332 e. The van der Waals surface area contributed by atoms with Gasteiger partial charge in [-0.2, -0.15) is 0 Å². The topological polar surface area (TPSA) is 74.8 Å². The summed E-state index contributed by atoms with van der Waals surface area (Å²) in [5.74, 6) is 1.34. The zero-order valence-corrected chi connectivity index (χ0v) is 9.47. The number of H-pyrrole nitrogens is 1. The van der Waals surface area contributed by atoms with Crippen LogP contribution in [0.1, 0.15) is 25.1 Å². The van der Waals surface area contributed by atoms with E-state index in [9.17, 15) is 8.42 Å². The summed E-state index contributed by atoms with van der Waals surface area (Å²) in [5.41, 5.74) is 0. The number of rotatable bonds is 5. The predicted molar refractivity (Wildman–Crippen MR) is 55.9 cm³/mol. The third-order valence-corrected chi connectivity index (χ3v) is 3.88. The van der Waals surface area contributed by atoms with Crippen LogP contribution in [0, 0.1) is 12.8 Å². The van der Waals surface area contributed by atoms with E-state index < -0.39 is 10.0 Å². The molecular weight excluding hydrogens is 214 g/mol. The molecule has 0 amide bonds. The number of imidazole rings is 1. The standard InChI is InChI=1S/C9H15N3O2S/c1-7-10-6-9(12-7)15(13,14)11-5-4-8-2-3-8/h6,8,11H,2-5H2,1H3,(H,10,12). The Morgan fingerprint density at radius 2 is 2.33 bits per heavy atom. The number of aryl methyl sites for hydroxylation is 1. The lowest BCUT2D eigenvalue weighted by Crippen LogP contribution is -2.25. The number of nitrogens with one attached hydrogen (secondary N) is 2. The lowest BCUT2D eigenvalue weighted by molar-refractivity contribution is 0.572. The Labute approximate surface area is 89.4 Å². The van der Waals surface area contributed by atoms with Crippen LogP contribution in [0.4, 0.5) is 0 Å². The van der Waals surface area contributed by atoms with Crippen LogP contribution in [0.15, 0.2) is 11.2 Å². The van der Waals surface area contributed by atoms with Gasteiger partial charge in [-0.25, -0.2) is 18.1 Å². The van der Waals surface area contributed by atoms with Crippen molar-refractivity contribution in [3.8, 4) is 0 Å². The van der Waals surface area contributed by atoms with Gasteiger partial charge in [-0.3, -0.25) is 0 Å². The van der Waals surface area contributed by atoms with E-state index in [2.05, 4.69) is 14.7 Å². The maximum absolute atomic E-state index is 11.7. The van der Waals surface area contributed by atoms with Gasteiger partial charge in [-0.15, -0.1) is 0 Å². The average molecular weight is 229 g/mol. The molecule has 5 nitrogen and oxygen atoms in total. The first kappa shape index (κ1) is 10.6. The molecule has 15 heavy (non-hydrogen) atoms. The minimum absolute atomic E-state index is 0.149. The van der Waals surface area contributed by atoms with Crippen molar-refractivity contribution in [1.82, 2.24) is 14.7 Å². The molecule has 0 radical (unpaired) electrons. The average Bonchev–Trinajstić information content (AvgIpc) is 2.86. The predicted octanol–water partition coefficient (Wildman–Crippen LogP) is 0.797. The normalized spacial score (nSPS) is 16.9. The van der Waals surface area contributed by atoms with Crippen LogP contribution in [-0.2, 0) is 10.0 Å². The zero-order chi connectivity index (χ0) is 10.9. The Morgan fingerprint density at radius 3 is 2.87 bits per heavy atom. The first-order valence-corrected chi connectivity index (χ1v) is 6.57. The van der Waals surface area contributed by atoms with Crippen molar-refractivity contribution in [1.29, 1.82) is 0 Å². The molecule has 1 aromatic rings. The number of sulfonamides is 1. The van der Waals surface area contributed by atoms with E-state index >= 15 is 0 Å². The fourth-order valence-corrected chi connectivity index (χ4v) is 2.43. The van der Waals surface area contributed by atoms with Crippen LogP contribution < -0.4 is 4.72 Å². The summed E-state index contributed by atoms with van der Waals surface area (Å²) in [6, 6.07) is 0. The smallest absolute Gasteiger partial charge is 0.257 e. The zero-order valence-electron chi connectivity index (χ0n) is 8.66. The summed E-state index contributed by atoms with van der Waals surface area (Å²) in [6.45, 7) is 2.24. The van der Waals surface area contributed by atoms with E-state index in [0.717, 1.165) is 12.3 Å². The molecule has 1 heterocycles. The molecule has 0 unspecified atom stereocenters. The fraction of sp³-hybridized carbons (Fsp3) is 0.667. The van der Waals surface area contributed by atoms with E-state index in [1.54, 1.807) is 6.92 Å². The van der Waals surface area contributed by atoms with Crippen molar-refractivity contribution in [2.45, 2.75) is 31.2 Å². The third-order valence-electron chi connectivity index (χ3n) is 2.51. The van der Waals surface area contributed by atoms with Crippen LogP contribution in [-0.4, -0.2) is 24.9 Å². The van der Waals surface area contributed by atoms with Gasteiger partial charge in [0.15, 0.2) is 5.03 Å². The Hall–Kier alpha value is -0.880. The van der Waals surface area contributed by atoms with Crippen LogP contribution >= 0.6 is 0 Å². The van der Waals surface area contributed by atoms with Crippen molar-refractivity contribution >= 4 is 10.0 Å². The number of aromatic amines is 1. The van der Waals surface area contributed by atoms with Crippen LogP contribution in [0.5, 0.6) is 0 Å². The molecule has 2 rings (SSSR count). The second kappa shape index (κ2) is 3.94. The van der Waals surface area contributed by atoms with Gasteiger partial charge < -0.3 is 4.98 Å². The van der Waals surface area contributed by atoms with Crippen molar-refractivity contribution < 1.29 is 8.42 Å². The minimum Gasteiger partial charge on any atom is -0.332 e. The summed E-state index contributed by atoms with van der Waals surface area (Å²) in [5, 5.41) is 0.149. The van der Waals surface area contributed by atoms with E-state index in [1.807, 2.05) is 0 Å². The molecule has 1 aliphatic rings. The van der Waals surface area contributed by atoms with Crippen LogP contribution in [0.3, 0.4) is 0 Å². The van der Waals surface area contributed by atoms with Gasteiger partial charge in [-0.1, -0.05) is 12.8 Å². The van der Waals surface area contributed by atoms with Crippen molar-refractivity contribution in [3.63, 3.8) is 0 Å². The highest BCUT2D eigenvalue weighted by atomic mass is 32.2. The van der Waals surface area contributed by atoms with Gasteiger partial charge in [-0.05, 0) is 19.3 Å². The lowest BCUT2D eigenvalue weighted by atomic mass is 10.3. The molecule has 0 atom stereocenters. The lowest BCUT2D eigenvalue weighted by Gasteiger charge is -2.03. The second-order valence-corrected chi connectivity index (χ2v) is 5.70. The van der Waals surface area contributed by atoms with E-state index in [4.69, 9.17) is 0 Å². The number of hydrogen-bond donors (Lipinski definition) is 2. The molecule has 0 aliphatic heterocycles. The summed E-state index contributed by atoms with van der Waals surface area (Å²) in [7, 11) is -3.38. The second-order valence-electron chi connectivity index (χ2n) is 3.96. The summed E-state index contributed by atoms with van der Waals surface area (Å²) < 4.78 is 25.9. The Bertz CT molecular complexity index is 434. The molecular formula is C9H15N3O2S. The van der Waals surface area contributed by atoms with Gasteiger partial charge >= 0.3 is 0 Å².